The maximum absolute atomic E-state index is 12.6. The van der Waals surface area contributed by atoms with Crippen LogP contribution in [0.4, 0.5) is 13.2 Å². The molecule has 1 aromatic carbocycles. The minimum atomic E-state index is -4.34. The van der Waals surface area contributed by atoms with Gasteiger partial charge >= 0.3 is 6.18 Å². The maximum atomic E-state index is 12.6. The van der Waals surface area contributed by atoms with Gasteiger partial charge in [-0.25, -0.2) is 0 Å². The van der Waals surface area contributed by atoms with E-state index in [2.05, 4.69) is 15.9 Å². The van der Waals surface area contributed by atoms with E-state index in [-0.39, 0.29) is 5.92 Å². The summed E-state index contributed by atoms with van der Waals surface area (Å²) in [5.74, 6) is 0.0929. The predicted molar refractivity (Wildman–Crippen MR) is 60.9 cm³/mol. The van der Waals surface area contributed by atoms with Crippen molar-refractivity contribution in [2.45, 2.75) is 26.1 Å². The molecular weight excluding hydrogens is 283 g/mol. The third kappa shape index (κ3) is 3.22. The first kappa shape index (κ1) is 13.5. The Kier molecular flexibility index (Phi) is 4.02. The average molecular weight is 296 g/mol. The van der Waals surface area contributed by atoms with E-state index in [1.165, 1.54) is 0 Å². The molecule has 90 valence electrons. The van der Waals surface area contributed by atoms with Gasteiger partial charge in [0.15, 0.2) is 0 Å². The predicted octanol–water partition coefficient (Wildman–Crippen LogP) is 4.12. The van der Waals surface area contributed by atoms with Crippen molar-refractivity contribution >= 4 is 15.9 Å². The summed E-state index contributed by atoms with van der Waals surface area (Å²) in [6, 6.07) is 3.39. The molecule has 0 aliphatic heterocycles. The minimum Gasteiger partial charge on any atom is -0.324 e. The molecule has 5 heteroatoms. The molecule has 0 aliphatic carbocycles. The number of halogens is 4. The van der Waals surface area contributed by atoms with Crippen molar-refractivity contribution < 1.29 is 13.2 Å². The second-order valence-electron chi connectivity index (χ2n) is 4.04. The smallest absolute Gasteiger partial charge is 0.324 e. The first-order valence-corrected chi connectivity index (χ1v) is 5.64. The minimum absolute atomic E-state index is 0.0929. The van der Waals surface area contributed by atoms with Crippen LogP contribution < -0.4 is 5.73 Å². The first-order chi connectivity index (χ1) is 7.21. The van der Waals surface area contributed by atoms with Crippen LogP contribution in [0, 0.1) is 5.92 Å². The summed E-state index contributed by atoms with van der Waals surface area (Å²) in [6.07, 6.45) is -4.34. The Morgan fingerprint density at radius 3 is 2.19 bits per heavy atom. The van der Waals surface area contributed by atoms with Gasteiger partial charge in [0.05, 0.1) is 5.56 Å². The van der Waals surface area contributed by atoms with Crippen molar-refractivity contribution in [2.24, 2.45) is 11.7 Å². The topological polar surface area (TPSA) is 26.0 Å². The van der Waals surface area contributed by atoms with E-state index in [9.17, 15) is 13.2 Å². The van der Waals surface area contributed by atoms with Gasteiger partial charge in [-0.3, -0.25) is 0 Å². The average Bonchev–Trinajstić information content (AvgIpc) is 2.14. The first-order valence-electron chi connectivity index (χ1n) is 4.85. The van der Waals surface area contributed by atoms with Crippen molar-refractivity contribution in [1.29, 1.82) is 0 Å². The molecule has 0 amide bonds. The van der Waals surface area contributed by atoms with Crippen LogP contribution in [0.2, 0.25) is 0 Å². The lowest BCUT2D eigenvalue weighted by atomic mass is 9.95. The van der Waals surface area contributed by atoms with Crippen LogP contribution in [0.5, 0.6) is 0 Å². The summed E-state index contributed by atoms with van der Waals surface area (Å²) in [5.41, 5.74) is 5.65. The van der Waals surface area contributed by atoms with Crippen LogP contribution in [0.3, 0.4) is 0 Å². The zero-order valence-corrected chi connectivity index (χ0v) is 10.6. The molecular formula is C11H13BrF3N. The highest BCUT2D eigenvalue weighted by molar-refractivity contribution is 9.10. The molecule has 2 N–H and O–H groups in total. The lowest BCUT2D eigenvalue weighted by molar-refractivity contribution is -0.137. The zero-order valence-electron chi connectivity index (χ0n) is 8.98. The number of hydrogen-bond donors (Lipinski definition) is 1. The normalized spacial score (nSPS) is 14.2. The van der Waals surface area contributed by atoms with Crippen molar-refractivity contribution in [3.05, 3.63) is 33.8 Å². The fraction of sp³-hybridized carbons (Fsp3) is 0.455. The summed E-state index contributed by atoms with van der Waals surface area (Å²) in [6.45, 7) is 3.75. The number of hydrogen-bond acceptors (Lipinski definition) is 1. The third-order valence-electron chi connectivity index (χ3n) is 2.35. The van der Waals surface area contributed by atoms with Gasteiger partial charge in [-0.05, 0) is 29.7 Å². The molecule has 16 heavy (non-hydrogen) atoms. The van der Waals surface area contributed by atoms with Gasteiger partial charge < -0.3 is 5.73 Å². The molecule has 1 nitrogen and oxygen atoms in total. The van der Waals surface area contributed by atoms with E-state index < -0.39 is 17.8 Å². The van der Waals surface area contributed by atoms with E-state index in [1.54, 1.807) is 6.07 Å². The zero-order chi connectivity index (χ0) is 12.5. The molecule has 1 atom stereocenters. The summed E-state index contributed by atoms with van der Waals surface area (Å²) in [7, 11) is 0. The Morgan fingerprint density at radius 2 is 1.75 bits per heavy atom. The van der Waals surface area contributed by atoms with Crippen LogP contribution in [0.25, 0.3) is 0 Å². The number of rotatable bonds is 2. The van der Waals surface area contributed by atoms with Crippen LogP contribution in [-0.2, 0) is 6.18 Å². The highest BCUT2D eigenvalue weighted by Crippen LogP contribution is 2.34. The number of benzene rings is 1. The van der Waals surface area contributed by atoms with Gasteiger partial charge in [0.2, 0.25) is 0 Å². The quantitative estimate of drug-likeness (QED) is 0.872. The van der Waals surface area contributed by atoms with Crippen molar-refractivity contribution in [2.75, 3.05) is 0 Å². The molecule has 0 aromatic heterocycles. The molecule has 0 saturated heterocycles. The Labute approximate surface area is 101 Å². The van der Waals surface area contributed by atoms with E-state index in [0.29, 0.717) is 10.0 Å². The molecule has 0 saturated carbocycles. The number of alkyl halides is 3. The van der Waals surface area contributed by atoms with Gasteiger partial charge in [-0.1, -0.05) is 29.8 Å². The standard InChI is InChI=1S/C11H13BrF3N/c1-6(2)10(16)7-3-8(11(13,14)15)5-9(12)4-7/h3-6,10H,16H2,1-2H3/t10-/m1/s1. The molecule has 0 fully saturated rings. The summed E-state index contributed by atoms with van der Waals surface area (Å²) in [5, 5.41) is 0. The molecule has 0 unspecified atom stereocenters. The van der Waals surface area contributed by atoms with Crippen molar-refractivity contribution in [1.82, 2.24) is 0 Å². The molecule has 1 aromatic rings. The third-order valence-corrected chi connectivity index (χ3v) is 2.81. The van der Waals surface area contributed by atoms with Gasteiger partial charge in [0.1, 0.15) is 0 Å². The highest BCUT2D eigenvalue weighted by Gasteiger charge is 2.31. The number of nitrogens with two attached hydrogens (primary N) is 1. The summed E-state index contributed by atoms with van der Waals surface area (Å²) in [4.78, 5) is 0. The highest BCUT2D eigenvalue weighted by atomic mass is 79.9. The lowest BCUT2D eigenvalue weighted by Crippen LogP contribution is -2.17. The largest absolute Gasteiger partial charge is 0.416 e. The van der Waals surface area contributed by atoms with E-state index in [1.807, 2.05) is 13.8 Å². The van der Waals surface area contributed by atoms with Crippen molar-refractivity contribution in [3.63, 3.8) is 0 Å². The summed E-state index contributed by atoms with van der Waals surface area (Å²) < 4.78 is 38.0. The molecule has 0 heterocycles. The van der Waals surface area contributed by atoms with Crippen molar-refractivity contribution in [3.8, 4) is 0 Å². The van der Waals surface area contributed by atoms with Crippen LogP contribution in [0.1, 0.15) is 31.0 Å². The molecule has 0 aliphatic rings. The van der Waals surface area contributed by atoms with Gasteiger partial charge in [0.25, 0.3) is 0 Å². The van der Waals surface area contributed by atoms with Gasteiger partial charge in [-0.15, -0.1) is 0 Å². The van der Waals surface area contributed by atoms with E-state index in [4.69, 9.17) is 5.73 Å². The Hall–Kier alpha value is -0.550. The Morgan fingerprint density at radius 1 is 1.19 bits per heavy atom. The molecule has 0 bridgehead atoms. The monoisotopic (exact) mass is 295 g/mol. The lowest BCUT2D eigenvalue weighted by Gasteiger charge is -2.18. The fourth-order valence-electron chi connectivity index (χ4n) is 1.35. The van der Waals surface area contributed by atoms with E-state index >= 15 is 0 Å². The van der Waals surface area contributed by atoms with Gasteiger partial charge in [-0.2, -0.15) is 13.2 Å². The molecule has 0 radical (unpaired) electrons. The van der Waals surface area contributed by atoms with Crippen LogP contribution >= 0.6 is 15.9 Å². The van der Waals surface area contributed by atoms with Crippen LogP contribution in [-0.4, -0.2) is 0 Å². The molecule has 1 rings (SSSR count). The van der Waals surface area contributed by atoms with Crippen LogP contribution in [0.15, 0.2) is 22.7 Å². The van der Waals surface area contributed by atoms with Gasteiger partial charge in [0, 0.05) is 10.5 Å². The molecule has 0 spiro atoms. The second kappa shape index (κ2) is 4.75. The van der Waals surface area contributed by atoms with E-state index in [0.717, 1.165) is 12.1 Å². The second-order valence-corrected chi connectivity index (χ2v) is 4.96. The SMILES string of the molecule is CC(C)[C@@H](N)c1cc(Br)cc(C(F)(F)F)c1. The Balaban J connectivity index is 3.18. The fourth-order valence-corrected chi connectivity index (χ4v) is 1.86. The summed E-state index contributed by atoms with van der Waals surface area (Å²) >= 11 is 3.07. The Bertz CT molecular complexity index is 374. The maximum Gasteiger partial charge on any atom is 0.416 e.